The summed E-state index contributed by atoms with van der Waals surface area (Å²) in [4.78, 5) is 23.6. The molecule has 0 radical (unpaired) electrons. The second-order valence-electron chi connectivity index (χ2n) is 9.83. The van der Waals surface area contributed by atoms with E-state index in [0.29, 0.717) is 11.1 Å². The van der Waals surface area contributed by atoms with Crippen LogP contribution in [0.4, 0.5) is 11.4 Å². The molecule has 6 rings (SSSR count). The van der Waals surface area contributed by atoms with Crippen molar-refractivity contribution in [3.63, 3.8) is 0 Å². The Bertz CT molecular complexity index is 1730. The molecule has 2 aromatic carbocycles. The molecule has 4 aromatic rings. The molecule has 38 heavy (non-hydrogen) atoms. The van der Waals surface area contributed by atoms with Gasteiger partial charge < -0.3 is 14.7 Å². The molecule has 0 bridgehead atoms. The van der Waals surface area contributed by atoms with Crippen molar-refractivity contribution in [2.45, 2.75) is 36.2 Å². The molecule has 9 nitrogen and oxygen atoms in total. The molecule has 3 heterocycles. The first-order valence-electron chi connectivity index (χ1n) is 12.2. The number of benzene rings is 2. The van der Waals surface area contributed by atoms with Crippen molar-refractivity contribution >= 4 is 38.2 Å². The molecule has 194 valence electrons. The Morgan fingerprint density at radius 1 is 1.08 bits per heavy atom. The number of amides is 1. The van der Waals surface area contributed by atoms with Gasteiger partial charge in [-0.3, -0.25) is 14.5 Å². The maximum absolute atomic E-state index is 13.2. The molecular formula is C28H26N4O5S. The van der Waals surface area contributed by atoms with Gasteiger partial charge in [0.15, 0.2) is 0 Å². The predicted octanol–water partition coefficient (Wildman–Crippen LogP) is 4.17. The topological polar surface area (TPSA) is 122 Å². The summed E-state index contributed by atoms with van der Waals surface area (Å²) in [5.41, 5.74) is 4.31. The third-order valence-electron chi connectivity index (χ3n) is 7.42. The Morgan fingerprint density at radius 3 is 2.58 bits per heavy atom. The Labute approximate surface area is 220 Å². The van der Waals surface area contributed by atoms with Gasteiger partial charge in [0, 0.05) is 29.8 Å². The van der Waals surface area contributed by atoms with Crippen molar-refractivity contribution in [1.82, 2.24) is 9.97 Å². The summed E-state index contributed by atoms with van der Waals surface area (Å²) < 4.78 is 34.4. The lowest BCUT2D eigenvalue weighted by Gasteiger charge is -2.15. The first kappa shape index (κ1) is 24.3. The zero-order chi connectivity index (χ0) is 26.8. The fourth-order valence-electron chi connectivity index (χ4n) is 5.24. The third kappa shape index (κ3) is 3.71. The van der Waals surface area contributed by atoms with Crippen LogP contribution in [0.3, 0.4) is 0 Å². The summed E-state index contributed by atoms with van der Waals surface area (Å²) in [5.74, 6) is 0.228. The number of anilines is 2. The molecule has 0 saturated heterocycles. The quantitative estimate of drug-likeness (QED) is 0.384. The minimum atomic E-state index is -4.00. The maximum Gasteiger partial charge on any atom is 0.262 e. The van der Waals surface area contributed by atoms with E-state index < -0.39 is 21.5 Å². The van der Waals surface area contributed by atoms with Crippen molar-refractivity contribution in [2.75, 3.05) is 23.8 Å². The third-order valence-corrected chi connectivity index (χ3v) is 8.79. The second kappa shape index (κ2) is 8.50. The van der Waals surface area contributed by atoms with Gasteiger partial charge in [0.1, 0.15) is 5.69 Å². The predicted molar refractivity (Wildman–Crippen MR) is 144 cm³/mol. The molecular weight excluding hydrogens is 504 g/mol. The zero-order valence-electron chi connectivity index (χ0n) is 21.1. The first-order chi connectivity index (χ1) is 18.1. The number of carbonyl (C=O) groups is 1. The number of hydrogen-bond donors (Lipinski definition) is 2. The highest BCUT2D eigenvalue weighted by Gasteiger charge is 2.59. The average molecular weight is 531 g/mol. The molecule has 2 aromatic heterocycles. The van der Waals surface area contributed by atoms with Crippen molar-refractivity contribution < 1.29 is 23.1 Å². The van der Waals surface area contributed by atoms with E-state index in [4.69, 9.17) is 4.74 Å². The fraction of sp³-hybridized carbons (Fsp3) is 0.250. The lowest BCUT2D eigenvalue weighted by molar-refractivity contribution is -0.119. The van der Waals surface area contributed by atoms with Gasteiger partial charge in [0.05, 0.1) is 40.9 Å². The highest BCUT2D eigenvalue weighted by atomic mass is 32.2. The number of aliphatic hydroxyl groups excluding tert-OH is 1. The number of aliphatic hydroxyl groups is 1. The van der Waals surface area contributed by atoms with Gasteiger partial charge in [-0.15, -0.1) is 0 Å². The molecule has 10 heteroatoms. The molecule has 1 spiro atoms. The number of pyridine rings is 2. The number of nitrogens with zero attached hydrogens (tertiary/aromatic N) is 3. The minimum absolute atomic E-state index is 0.0132. The molecule has 2 aliphatic rings. The van der Waals surface area contributed by atoms with Gasteiger partial charge in [0.2, 0.25) is 11.8 Å². The van der Waals surface area contributed by atoms with Gasteiger partial charge in [-0.1, -0.05) is 18.2 Å². The number of methoxy groups -OCH3 is 1. The van der Waals surface area contributed by atoms with E-state index in [2.05, 4.69) is 14.7 Å². The lowest BCUT2D eigenvalue weighted by Crippen LogP contribution is -2.28. The number of sulfonamides is 1. The van der Waals surface area contributed by atoms with E-state index in [1.165, 1.54) is 19.2 Å². The summed E-state index contributed by atoms with van der Waals surface area (Å²) in [5, 5.41) is 10.8. The van der Waals surface area contributed by atoms with Crippen LogP contribution in [-0.2, 0) is 20.2 Å². The number of rotatable bonds is 6. The van der Waals surface area contributed by atoms with Crippen LogP contribution in [0, 0.1) is 0 Å². The minimum Gasteiger partial charge on any atom is -0.480 e. The van der Waals surface area contributed by atoms with Crippen LogP contribution >= 0.6 is 0 Å². The van der Waals surface area contributed by atoms with E-state index in [1.54, 1.807) is 49.5 Å². The summed E-state index contributed by atoms with van der Waals surface area (Å²) >= 11 is 0. The van der Waals surface area contributed by atoms with Crippen LogP contribution in [0.25, 0.3) is 22.0 Å². The molecule has 1 aliphatic heterocycles. The van der Waals surface area contributed by atoms with Crippen molar-refractivity contribution in [3.8, 4) is 17.0 Å². The Balaban J connectivity index is 1.42. The summed E-state index contributed by atoms with van der Waals surface area (Å²) in [6, 6.07) is 13.6. The molecule has 1 unspecified atom stereocenters. The summed E-state index contributed by atoms with van der Waals surface area (Å²) in [6.45, 7) is 1.57. The highest BCUT2D eigenvalue weighted by molar-refractivity contribution is 7.92. The van der Waals surface area contributed by atoms with Crippen LogP contribution < -0.4 is 14.4 Å². The number of fused-ring (bicyclic) bond motifs is 4. The fourth-order valence-corrected chi connectivity index (χ4v) is 6.34. The van der Waals surface area contributed by atoms with Gasteiger partial charge in [-0.2, -0.15) is 0 Å². The van der Waals surface area contributed by atoms with E-state index in [0.717, 1.165) is 40.6 Å². The van der Waals surface area contributed by atoms with E-state index in [9.17, 15) is 18.3 Å². The molecule has 1 amide bonds. The largest absolute Gasteiger partial charge is 0.480 e. The van der Waals surface area contributed by atoms with E-state index in [-0.39, 0.29) is 22.4 Å². The number of carbonyl (C=O) groups excluding carboxylic acids is 1. The molecule has 1 saturated carbocycles. The monoisotopic (exact) mass is 530 g/mol. The molecule has 1 atom stereocenters. The van der Waals surface area contributed by atoms with Crippen LogP contribution in [-0.4, -0.2) is 43.6 Å². The zero-order valence-corrected chi connectivity index (χ0v) is 21.9. The van der Waals surface area contributed by atoms with Crippen molar-refractivity contribution in [2.24, 2.45) is 0 Å². The second-order valence-corrected chi connectivity index (χ2v) is 11.5. The lowest BCUT2D eigenvalue weighted by atomic mass is 9.92. The Kier molecular flexibility index (Phi) is 5.44. The molecule has 2 N–H and O–H groups in total. The first-order valence-corrected chi connectivity index (χ1v) is 13.7. The van der Waals surface area contributed by atoms with Crippen LogP contribution in [0.5, 0.6) is 5.88 Å². The molecule has 1 fully saturated rings. The number of likely N-dealkylation sites (N-methyl/N-ethyl adjacent to an activating group) is 1. The number of aromatic nitrogens is 2. The normalized spacial score (nSPS) is 16.5. The Hall–Kier alpha value is -4.02. The van der Waals surface area contributed by atoms with Gasteiger partial charge in [-0.25, -0.2) is 13.4 Å². The highest BCUT2D eigenvalue weighted by Crippen LogP contribution is 2.58. The van der Waals surface area contributed by atoms with Crippen LogP contribution in [0.2, 0.25) is 0 Å². The Morgan fingerprint density at radius 2 is 1.87 bits per heavy atom. The average Bonchev–Trinajstić information content (AvgIpc) is 3.69. The van der Waals surface area contributed by atoms with Gasteiger partial charge in [-0.05, 0) is 61.2 Å². The van der Waals surface area contributed by atoms with Gasteiger partial charge >= 0.3 is 0 Å². The molecule has 1 aliphatic carbocycles. The number of nitrogens with one attached hydrogen (secondary N) is 1. The summed E-state index contributed by atoms with van der Waals surface area (Å²) in [6.07, 6.45) is 4.21. The van der Waals surface area contributed by atoms with Crippen molar-refractivity contribution in [1.29, 1.82) is 0 Å². The van der Waals surface area contributed by atoms with E-state index >= 15 is 0 Å². The van der Waals surface area contributed by atoms with Crippen LogP contribution in [0.1, 0.15) is 37.0 Å². The standard InChI is InChI=1S/C28H26N4O5S/c1-16(33)17-5-4-6-20(11-17)38(35,36)31-23-13-19(14-30-26(23)37-3)18-7-8-22-21(12-18)25-24(15-29-22)32(2)27(34)28(25)9-10-28/h4-8,11-16,31,33H,9-10H2,1-3H3. The number of hydrogen-bond acceptors (Lipinski definition) is 7. The summed E-state index contributed by atoms with van der Waals surface area (Å²) in [7, 11) is -0.793. The van der Waals surface area contributed by atoms with Crippen LogP contribution in [0.15, 0.2) is 65.8 Å². The number of ether oxygens (including phenoxy) is 1. The smallest absolute Gasteiger partial charge is 0.262 e. The maximum atomic E-state index is 13.2. The SMILES string of the molecule is COc1ncc(-c2ccc3ncc4c(c3c2)C2(CC2)C(=O)N4C)cc1NS(=O)(=O)c1cccc(C(C)O)c1. The van der Waals surface area contributed by atoms with Gasteiger partial charge in [0.25, 0.3) is 10.0 Å². The van der Waals surface area contributed by atoms with E-state index in [1.807, 2.05) is 18.2 Å². The van der Waals surface area contributed by atoms with Crippen molar-refractivity contribution in [3.05, 3.63) is 72.1 Å².